The predicted molar refractivity (Wildman–Crippen MR) is 92.3 cm³/mol. The van der Waals surface area contributed by atoms with Crippen molar-refractivity contribution in [2.75, 3.05) is 0 Å². The van der Waals surface area contributed by atoms with Gasteiger partial charge in [-0.25, -0.2) is 9.78 Å². The van der Waals surface area contributed by atoms with E-state index in [2.05, 4.69) is 29.2 Å². The largest absolute Gasteiger partial charge is 0.477 e. The summed E-state index contributed by atoms with van der Waals surface area (Å²) < 4.78 is 0. The summed E-state index contributed by atoms with van der Waals surface area (Å²) in [5, 5.41) is 10.2. The highest BCUT2D eigenvalue weighted by Gasteiger charge is 2.24. The molecule has 23 heavy (non-hydrogen) atoms. The summed E-state index contributed by atoms with van der Waals surface area (Å²) in [6.45, 7) is 1.94. The molecular formula is C19H17NO2S. The van der Waals surface area contributed by atoms with Crippen LogP contribution in [-0.4, -0.2) is 16.1 Å². The number of hydrogen-bond donors (Lipinski definition) is 1. The van der Waals surface area contributed by atoms with Gasteiger partial charge in [0, 0.05) is 0 Å². The van der Waals surface area contributed by atoms with Crippen LogP contribution in [0.1, 0.15) is 44.3 Å². The normalized spacial score (nSPS) is 10.9. The Morgan fingerprint density at radius 3 is 1.96 bits per heavy atom. The molecule has 1 heterocycles. The third kappa shape index (κ3) is 3.17. The van der Waals surface area contributed by atoms with E-state index in [1.807, 2.05) is 43.3 Å². The average Bonchev–Trinajstić information content (AvgIpc) is 3.01. The van der Waals surface area contributed by atoms with Crippen molar-refractivity contribution in [3.8, 4) is 0 Å². The molecule has 4 heteroatoms. The molecule has 1 N–H and O–H groups in total. The summed E-state index contributed by atoms with van der Waals surface area (Å²) in [4.78, 5) is 16.4. The molecule has 3 aromatic rings. The summed E-state index contributed by atoms with van der Waals surface area (Å²) in [5.74, 6) is -0.939. The lowest BCUT2D eigenvalue weighted by Gasteiger charge is -2.15. The van der Waals surface area contributed by atoms with Gasteiger partial charge in [0.25, 0.3) is 0 Å². The minimum Gasteiger partial charge on any atom is -0.477 e. The van der Waals surface area contributed by atoms with Crippen molar-refractivity contribution in [1.29, 1.82) is 0 Å². The molecule has 0 amide bonds. The molecule has 0 aliphatic rings. The molecule has 0 aliphatic heterocycles. The Bertz CT molecular complexity index is 757. The third-order valence-electron chi connectivity index (χ3n) is 3.76. The van der Waals surface area contributed by atoms with Crippen molar-refractivity contribution in [2.24, 2.45) is 0 Å². The zero-order chi connectivity index (χ0) is 16.2. The standard InChI is InChI=1S/C19H17NO2S/c1-2-15-17(19(21)22)23-18(20-15)16(13-9-5-3-6-10-13)14-11-7-4-8-12-14/h3-12,16H,2H2,1H3,(H,21,22). The van der Waals surface area contributed by atoms with E-state index in [-0.39, 0.29) is 5.92 Å². The third-order valence-corrected chi connectivity index (χ3v) is 4.91. The van der Waals surface area contributed by atoms with E-state index in [0.717, 1.165) is 16.1 Å². The van der Waals surface area contributed by atoms with E-state index in [4.69, 9.17) is 0 Å². The first kappa shape index (κ1) is 15.4. The van der Waals surface area contributed by atoms with Crippen molar-refractivity contribution in [3.63, 3.8) is 0 Å². The first-order valence-corrected chi connectivity index (χ1v) is 8.35. The molecule has 0 radical (unpaired) electrons. The van der Waals surface area contributed by atoms with Gasteiger partial charge in [0.15, 0.2) is 0 Å². The Kier molecular flexibility index (Phi) is 4.53. The second-order valence-corrected chi connectivity index (χ2v) is 6.27. The Labute approximate surface area is 139 Å². The van der Waals surface area contributed by atoms with Crippen molar-refractivity contribution < 1.29 is 9.90 Å². The molecule has 0 spiro atoms. The van der Waals surface area contributed by atoms with Gasteiger partial charge in [0.1, 0.15) is 9.88 Å². The van der Waals surface area contributed by atoms with Crippen LogP contribution >= 0.6 is 11.3 Å². The number of benzene rings is 2. The quantitative estimate of drug-likeness (QED) is 0.747. The van der Waals surface area contributed by atoms with Crippen LogP contribution in [0.25, 0.3) is 0 Å². The highest BCUT2D eigenvalue weighted by molar-refractivity contribution is 7.13. The van der Waals surface area contributed by atoms with E-state index < -0.39 is 5.97 Å². The molecule has 0 unspecified atom stereocenters. The zero-order valence-electron chi connectivity index (χ0n) is 12.8. The van der Waals surface area contributed by atoms with Crippen molar-refractivity contribution in [3.05, 3.63) is 87.4 Å². The molecule has 116 valence electrons. The fourth-order valence-electron chi connectivity index (χ4n) is 2.67. The second-order valence-electron chi connectivity index (χ2n) is 5.24. The summed E-state index contributed by atoms with van der Waals surface area (Å²) in [7, 11) is 0. The minimum atomic E-state index is -0.898. The molecule has 0 aliphatic carbocycles. The zero-order valence-corrected chi connectivity index (χ0v) is 13.6. The van der Waals surface area contributed by atoms with Gasteiger partial charge in [-0.15, -0.1) is 11.3 Å². The Morgan fingerprint density at radius 2 is 1.57 bits per heavy atom. The van der Waals surface area contributed by atoms with Crippen LogP contribution in [0.15, 0.2) is 60.7 Å². The van der Waals surface area contributed by atoms with Crippen LogP contribution in [-0.2, 0) is 6.42 Å². The van der Waals surface area contributed by atoms with Gasteiger partial charge in [0.05, 0.1) is 11.6 Å². The van der Waals surface area contributed by atoms with Gasteiger partial charge in [-0.2, -0.15) is 0 Å². The van der Waals surface area contributed by atoms with Crippen LogP contribution in [0.3, 0.4) is 0 Å². The Morgan fingerprint density at radius 1 is 1.04 bits per heavy atom. The topological polar surface area (TPSA) is 50.2 Å². The van der Waals surface area contributed by atoms with Crippen LogP contribution in [0, 0.1) is 0 Å². The van der Waals surface area contributed by atoms with E-state index in [9.17, 15) is 9.90 Å². The predicted octanol–water partition coefficient (Wildman–Crippen LogP) is 4.58. The van der Waals surface area contributed by atoms with Gasteiger partial charge in [0.2, 0.25) is 0 Å². The monoisotopic (exact) mass is 323 g/mol. The molecular weight excluding hydrogens is 306 g/mol. The first-order valence-electron chi connectivity index (χ1n) is 7.53. The summed E-state index contributed by atoms with van der Waals surface area (Å²) >= 11 is 1.28. The average molecular weight is 323 g/mol. The summed E-state index contributed by atoms with van der Waals surface area (Å²) in [5.41, 5.74) is 2.90. The van der Waals surface area contributed by atoms with Crippen LogP contribution in [0.2, 0.25) is 0 Å². The number of carbonyl (C=O) groups is 1. The maximum atomic E-state index is 11.5. The van der Waals surface area contributed by atoms with Crippen molar-refractivity contribution in [1.82, 2.24) is 4.98 Å². The highest BCUT2D eigenvalue weighted by atomic mass is 32.1. The molecule has 0 bridgehead atoms. The number of aromatic carboxylic acids is 1. The first-order chi connectivity index (χ1) is 11.2. The number of thiazole rings is 1. The number of carboxylic acids is 1. The number of nitrogens with zero attached hydrogens (tertiary/aromatic N) is 1. The molecule has 1 aromatic heterocycles. The van der Waals surface area contributed by atoms with Crippen LogP contribution < -0.4 is 0 Å². The van der Waals surface area contributed by atoms with Gasteiger partial charge in [-0.1, -0.05) is 67.6 Å². The molecule has 0 atom stereocenters. The summed E-state index contributed by atoms with van der Waals surface area (Å²) in [6.07, 6.45) is 0.619. The number of aryl methyl sites for hydroxylation is 1. The number of hydrogen-bond acceptors (Lipinski definition) is 3. The lowest BCUT2D eigenvalue weighted by Crippen LogP contribution is -2.03. The fourth-order valence-corrected chi connectivity index (χ4v) is 3.82. The fraction of sp³-hybridized carbons (Fsp3) is 0.158. The Balaban J connectivity index is 2.15. The maximum absolute atomic E-state index is 11.5. The van der Waals surface area contributed by atoms with Gasteiger partial charge in [-0.3, -0.25) is 0 Å². The second kappa shape index (κ2) is 6.75. The number of carboxylic acid groups (broad SMARTS) is 1. The minimum absolute atomic E-state index is 0.0409. The maximum Gasteiger partial charge on any atom is 0.347 e. The van der Waals surface area contributed by atoms with Crippen LogP contribution in [0.4, 0.5) is 0 Å². The highest BCUT2D eigenvalue weighted by Crippen LogP contribution is 2.35. The van der Waals surface area contributed by atoms with E-state index in [0.29, 0.717) is 17.0 Å². The number of aromatic nitrogens is 1. The lowest BCUT2D eigenvalue weighted by atomic mass is 9.92. The van der Waals surface area contributed by atoms with E-state index >= 15 is 0 Å². The van der Waals surface area contributed by atoms with Gasteiger partial charge >= 0.3 is 5.97 Å². The SMILES string of the molecule is CCc1nc(C(c2ccccc2)c2ccccc2)sc1C(=O)O. The number of rotatable bonds is 5. The molecule has 2 aromatic carbocycles. The molecule has 0 saturated heterocycles. The molecule has 3 rings (SSSR count). The molecule has 3 nitrogen and oxygen atoms in total. The lowest BCUT2D eigenvalue weighted by molar-refractivity contribution is 0.0701. The Hall–Kier alpha value is -2.46. The summed E-state index contributed by atoms with van der Waals surface area (Å²) in [6, 6.07) is 20.2. The van der Waals surface area contributed by atoms with Gasteiger partial charge < -0.3 is 5.11 Å². The van der Waals surface area contributed by atoms with E-state index in [1.54, 1.807) is 0 Å². The van der Waals surface area contributed by atoms with Crippen LogP contribution in [0.5, 0.6) is 0 Å². The smallest absolute Gasteiger partial charge is 0.347 e. The van der Waals surface area contributed by atoms with Crippen molar-refractivity contribution >= 4 is 17.3 Å². The van der Waals surface area contributed by atoms with E-state index in [1.165, 1.54) is 11.3 Å². The van der Waals surface area contributed by atoms with Gasteiger partial charge in [-0.05, 0) is 17.5 Å². The van der Waals surface area contributed by atoms with Crippen molar-refractivity contribution in [2.45, 2.75) is 19.3 Å². The molecule has 0 fully saturated rings. The molecule has 0 saturated carbocycles.